The number of furan rings is 1. The van der Waals surface area contributed by atoms with Gasteiger partial charge in [-0.2, -0.15) is 0 Å². The maximum atomic E-state index is 13.4. The number of aryl methyl sites for hydroxylation is 1. The molecule has 7 heteroatoms. The van der Waals surface area contributed by atoms with Gasteiger partial charge in [-0.05, 0) is 60.5 Å². The van der Waals surface area contributed by atoms with Crippen molar-refractivity contribution >= 4 is 40.6 Å². The number of amides is 1. The normalized spacial score (nSPS) is 15.6. The summed E-state index contributed by atoms with van der Waals surface area (Å²) in [5.74, 6) is -0.257. The molecule has 0 bridgehead atoms. The predicted octanol–water partition coefficient (Wildman–Crippen LogP) is 5.47. The molecular formula is C30H23N2O4S-. The minimum absolute atomic E-state index is 0.0987. The molecule has 0 N–H and O–H groups in total. The molecule has 0 unspecified atom stereocenters. The molecule has 1 aromatic heterocycles. The summed E-state index contributed by atoms with van der Waals surface area (Å²) in [6.45, 7) is 2.53. The van der Waals surface area contributed by atoms with Crippen LogP contribution in [0.4, 0.5) is 5.69 Å². The summed E-state index contributed by atoms with van der Waals surface area (Å²) in [4.78, 5) is 31.4. The number of thioether (sulfide) groups is 1. The fourth-order valence-corrected chi connectivity index (χ4v) is 4.89. The van der Waals surface area contributed by atoms with Crippen LogP contribution in [0.15, 0.2) is 105 Å². The van der Waals surface area contributed by atoms with Crippen LogP contribution in [0.25, 0.3) is 17.4 Å². The monoisotopic (exact) mass is 507 g/mol. The number of aromatic carboxylic acids is 1. The van der Waals surface area contributed by atoms with Crippen LogP contribution in [-0.4, -0.2) is 28.5 Å². The predicted molar refractivity (Wildman–Crippen MR) is 144 cm³/mol. The fraction of sp³-hybridized carbons (Fsp3) is 0.100. The SMILES string of the molecule is Cc1ccc(N=C2S/C(=C\c3ccc(-c4ccc(C(=O)[O-])cc4)o3)C(=O)N2CCc2ccccc2)cc1. The van der Waals surface area contributed by atoms with E-state index in [-0.39, 0.29) is 11.5 Å². The third-order valence-corrected chi connectivity index (χ3v) is 6.93. The van der Waals surface area contributed by atoms with Crippen molar-refractivity contribution in [2.24, 2.45) is 4.99 Å². The first-order valence-corrected chi connectivity index (χ1v) is 12.6. The Morgan fingerprint density at radius 2 is 1.70 bits per heavy atom. The molecule has 3 aromatic carbocycles. The summed E-state index contributed by atoms with van der Waals surface area (Å²) >= 11 is 1.32. The van der Waals surface area contributed by atoms with Gasteiger partial charge in [0, 0.05) is 18.2 Å². The Labute approximate surface area is 219 Å². The molecule has 1 saturated heterocycles. The molecule has 1 aliphatic rings. The molecule has 6 nitrogen and oxygen atoms in total. The lowest BCUT2D eigenvalue weighted by atomic mass is 10.1. The smallest absolute Gasteiger partial charge is 0.266 e. The first kappa shape index (κ1) is 24.3. The minimum Gasteiger partial charge on any atom is -0.545 e. The zero-order valence-corrected chi connectivity index (χ0v) is 20.9. The Balaban J connectivity index is 1.40. The summed E-state index contributed by atoms with van der Waals surface area (Å²) in [6, 6.07) is 27.8. The Kier molecular flexibility index (Phi) is 7.05. The molecular weight excluding hydrogens is 484 g/mol. The first-order valence-electron chi connectivity index (χ1n) is 11.8. The van der Waals surface area contributed by atoms with Gasteiger partial charge in [-0.15, -0.1) is 0 Å². The second-order valence-electron chi connectivity index (χ2n) is 8.60. The lowest BCUT2D eigenvalue weighted by Crippen LogP contribution is -2.31. The van der Waals surface area contributed by atoms with Gasteiger partial charge in [0.15, 0.2) is 5.17 Å². The van der Waals surface area contributed by atoms with Crippen molar-refractivity contribution in [1.29, 1.82) is 0 Å². The van der Waals surface area contributed by atoms with E-state index in [0.717, 1.165) is 22.4 Å². The second-order valence-corrected chi connectivity index (χ2v) is 9.61. The van der Waals surface area contributed by atoms with Gasteiger partial charge in [-0.25, -0.2) is 4.99 Å². The Hall–Kier alpha value is -4.36. The maximum Gasteiger partial charge on any atom is 0.266 e. The van der Waals surface area contributed by atoms with E-state index < -0.39 is 5.97 Å². The molecule has 2 heterocycles. The van der Waals surface area contributed by atoms with E-state index in [2.05, 4.69) is 0 Å². The van der Waals surface area contributed by atoms with Crippen LogP contribution >= 0.6 is 11.8 Å². The van der Waals surface area contributed by atoms with E-state index in [9.17, 15) is 14.7 Å². The molecule has 0 radical (unpaired) electrons. The molecule has 5 rings (SSSR count). The van der Waals surface area contributed by atoms with Crippen LogP contribution < -0.4 is 5.11 Å². The molecule has 1 fully saturated rings. The standard InChI is InChI=1S/C30H24N2O4S/c1-20-7-13-24(14-8-20)31-30-32(18-17-21-5-3-2-4-6-21)28(33)27(37-30)19-25-15-16-26(36-25)22-9-11-23(12-10-22)29(34)35/h2-16,19H,17-18H2,1H3,(H,34,35)/p-1/b27-19-,31-30?. The van der Waals surface area contributed by atoms with Crippen LogP contribution in [0, 0.1) is 6.92 Å². The molecule has 0 saturated carbocycles. The Bertz CT molecular complexity index is 1490. The van der Waals surface area contributed by atoms with E-state index in [4.69, 9.17) is 9.41 Å². The third kappa shape index (κ3) is 5.73. The molecule has 4 aromatic rings. The zero-order valence-electron chi connectivity index (χ0n) is 20.1. The van der Waals surface area contributed by atoms with Gasteiger partial charge in [0.25, 0.3) is 5.91 Å². The van der Waals surface area contributed by atoms with Gasteiger partial charge in [0.2, 0.25) is 0 Å². The molecule has 184 valence electrons. The molecule has 0 aliphatic carbocycles. The number of aliphatic imine (C=N–C) groups is 1. The number of carbonyl (C=O) groups excluding carboxylic acids is 2. The van der Waals surface area contributed by atoms with Crippen molar-refractivity contribution in [1.82, 2.24) is 4.90 Å². The van der Waals surface area contributed by atoms with Crippen molar-refractivity contribution in [3.63, 3.8) is 0 Å². The topological polar surface area (TPSA) is 85.9 Å². The zero-order chi connectivity index (χ0) is 25.8. The average molecular weight is 508 g/mol. The number of carboxylic acid groups (broad SMARTS) is 1. The highest BCUT2D eigenvalue weighted by molar-refractivity contribution is 8.18. The average Bonchev–Trinajstić information content (AvgIpc) is 3.49. The van der Waals surface area contributed by atoms with E-state index in [1.54, 1.807) is 35.2 Å². The van der Waals surface area contributed by atoms with Gasteiger partial charge in [-0.1, -0.05) is 72.3 Å². The summed E-state index contributed by atoms with van der Waals surface area (Å²) in [5.41, 5.74) is 3.90. The summed E-state index contributed by atoms with van der Waals surface area (Å²) in [7, 11) is 0. The van der Waals surface area contributed by atoms with E-state index in [0.29, 0.717) is 34.6 Å². The van der Waals surface area contributed by atoms with E-state index in [1.807, 2.05) is 61.5 Å². The lowest BCUT2D eigenvalue weighted by Gasteiger charge is -2.15. The largest absolute Gasteiger partial charge is 0.545 e. The quantitative estimate of drug-likeness (QED) is 0.310. The fourth-order valence-electron chi connectivity index (χ4n) is 3.89. The molecule has 1 aliphatic heterocycles. The number of nitrogens with zero attached hydrogens (tertiary/aromatic N) is 2. The molecule has 37 heavy (non-hydrogen) atoms. The van der Waals surface area contributed by atoms with Crippen LogP contribution in [-0.2, 0) is 11.2 Å². The number of carbonyl (C=O) groups is 2. The van der Waals surface area contributed by atoms with Crippen LogP contribution in [0.5, 0.6) is 0 Å². The van der Waals surface area contributed by atoms with Crippen LogP contribution in [0.2, 0.25) is 0 Å². The third-order valence-electron chi connectivity index (χ3n) is 5.92. The number of rotatable bonds is 7. The minimum atomic E-state index is -1.23. The van der Waals surface area contributed by atoms with Gasteiger partial charge >= 0.3 is 0 Å². The molecule has 0 atom stereocenters. The Morgan fingerprint density at radius 1 is 0.973 bits per heavy atom. The first-order chi connectivity index (χ1) is 18.0. The molecule has 0 spiro atoms. The second kappa shape index (κ2) is 10.7. The maximum absolute atomic E-state index is 13.4. The van der Waals surface area contributed by atoms with Crippen molar-refractivity contribution in [3.05, 3.63) is 118 Å². The lowest BCUT2D eigenvalue weighted by molar-refractivity contribution is -0.255. The number of amidine groups is 1. The number of hydrogen-bond donors (Lipinski definition) is 0. The van der Waals surface area contributed by atoms with Crippen molar-refractivity contribution in [2.45, 2.75) is 13.3 Å². The summed E-state index contributed by atoms with van der Waals surface area (Å²) in [6.07, 6.45) is 2.43. The van der Waals surface area contributed by atoms with Crippen molar-refractivity contribution in [2.75, 3.05) is 6.54 Å². The summed E-state index contributed by atoms with van der Waals surface area (Å²) < 4.78 is 5.95. The highest BCUT2D eigenvalue weighted by Gasteiger charge is 2.33. The van der Waals surface area contributed by atoms with E-state index >= 15 is 0 Å². The van der Waals surface area contributed by atoms with Gasteiger partial charge in [0.1, 0.15) is 11.5 Å². The highest BCUT2D eigenvalue weighted by atomic mass is 32.2. The Morgan fingerprint density at radius 3 is 2.41 bits per heavy atom. The van der Waals surface area contributed by atoms with Gasteiger partial charge in [-0.3, -0.25) is 9.69 Å². The highest BCUT2D eigenvalue weighted by Crippen LogP contribution is 2.35. The van der Waals surface area contributed by atoms with Crippen LogP contribution in [0.1, 0.15) is 27.2 Å². The number of benzene rings is 3. The molecule has 1 amide bonds. The van der Waals surface area contributed by atoms with Crippen molar-refractivity contribution in [3.8, 4) is 11.3 Å². The van der Waals surface area contributed by atoms with Crippen LogP contribution in [0.3, 0.4) is 0 Å². The van der Waals surface area contributed by atoms with Gasteiger partial charge in [0.05, 0.1) is 16.6 Å². The summed E-state index contributed by atoms with van der Waals surface area (Å²) in [5, 5.41) is 11.6. The number of hydrogen-bond acceptors (Lipinski definition) is 6. The number of carboxylic acids is 1. The van der Waals surface area contributed by atoms with E-state index in [1.165, 1.54) is 23.9 Å². The van der Waals surface area contributed by atoms with Gasteiger partial charge < -0.3 is 14.3 Å². The van der Waals surface area contributed by atoms with Crippen molar-refractivity contribution < 1.29 is 19.1 Å².